The van der Waals surface area contributed by atoms with Crippen molar-refractivity contribution in [1.82, 2.24) is 4.90 Å². The molecule has 2 aromatic rings. The summed E-state index contributed by atoms with van der Waals surface area (Å²) in [5.74, 6) is -2.44. The first kappa shape index (κ1) is 22.2. The number of morpholine rings is 1. The van der Waals surface area contributed by atoms with E-state index >= 15 is 0 Å². The Bertz CT molecular complexity index is 1140. The van der Waals surface area contributed by atoms with Crippen molar-refractivity contribution in [2.24, 2.45) is 0 Å². The number of esters is 1. The van der Waals surface area contributed by atoms with E-state index in [0.717, 1.165) is 4.90 Å². The van der Waals surface area contributed by atoms with Crippen molar-refractivity contribution in [3.8, 4) is 0 Å². The van der Waals surface area contributed by atoms with E-state index in [0.29, 0.717) is 37.7 Å². The molecule has 10 nitrogen and oxygen atoms in total. The topological polar surface area (TPSA) is 122 Å². The third-order valence-electron chi connectivity index (χ3n) is 5.26. The first-order valence-electron chi connectivity index (χ1n) is 10.3. The van der Waals surface area contributed by atoms with E-state index < -0.39 is 24.4 Å². The van der Waals surface area contributed by atoms with Gasteiger partial charge in [0.25, 0.3) is 17.7 Å². The minimum absolute atomic E-state index is 0.0625. The van der Waals surface area contributed by atoms with Crippen molar-refractivity contribution in [2.75, 3.05) is 43.1 Å². The molecule has 2 aromatic carbocycles. The van der Waals surface area contributed by atoms with Gasteiger partial charge in [0.1, 0.15) is 0 Å². The van der Waals surface area contributed by atoms with Crippen LogP contribution < -0.4 is 10.2 Å². The van der Waals surface area contributed by atoms with Gasteiger partial charge in [0.2, 0.25) is 5.91 Å². The van der Waals surface area contributed by atoms with E-state index in [1.807, 2.05) is 0 Å². The number of benzene rings is 2. The Balaban J connectivity index is 1.46. The Morgan fingerprint density at radius 3 is 2.30 bits per heavy atom. The molecule has 0 radical (unpaired) electrons. The predicted octanol–water partition coefficient (Wildman–Crippen LogP) is 1.46. The highest BCUT2D eigenvalue weighted by Gasteiger charge is 2.37. The maximum atomic E-state index is 12.9. The van der Waals surface area contributed by atoms with Gasteiger partial charge in [-0.3, -0.25) is 19.2 Å². The second-order valence-corrected chi connectivity index (χ2v) is 7.50. The number of carbonyl (C=O) groups is 5. The number of ether oxygens (including phenoxy) is 2. The summed E-state index contributed by atoms with van der Waals surface area (Å²) in [6.07, 6.45) is 0. The van der Waals surface area contributed by atoms with Crippen molar-refractivity contribution in [1.29, 1.82) is 0 Å². The zero-order valence-electron chi connectivity index (χ0n) is 17.8. The number of nitrogens with zero attached hydrogens (tertiary/aromatic N) is 2. The van der Waals surface area contributed by atoms with Crippen LogP contribution in [0.2, 0.25) is 0 Å². The van der Waals surface area contributed by atoms with Crippen molar-refractivity contribution in [3.05, 3.63) is 59.2 Å². The molecule has 0 unspecified atom stereocenters. The lowest BCUT2D eigenvalue weighted by atomic mass is 10.1. The summed E-state index contributed by atoms with van der Waals surface area (Å²) in [4.78, 5) is 64.0. The highest BCUT2D eigenvalue weighted by Crippen LogP contribution is 2.30. The van der Waals surface area contributed by atoms with Crippen LogP contribution in [0.15, 0.2) is 42.5 Å². The monoisotopic (exact) mass is 451 g/mol. The Hall–Kier alpha value is -4.05. The van der Waals surface area contributed by atoms with E-state index in [2.05, 4.69) is 5.32 Å². The van der Waals surface area contributed by atoms with Gasteiger partial charge in [-0.1, -0.05) is 0 Å². The van der Waals surface area contributed by atoms with Gasteiger partial charge in [0.05, 0.1) is 35.6 Å². The molecule has 0 aromatic heterocycles. The van der Waals surface area contributed by atoms with Gasteiger partial charge in [0, 0.05) is 25.7 Å². The third-order valence-corrected chi connectivity index (χ3v) is 5.26. The molecule has 10 heteroatoms. The van der Waals surface area contributed by atoms with Crippen LogP contribution in [0.25, 0.3) is 0 Å². The second kappa shape index (κ2) is 9.21. The Morgan fingerprint density at radius 1 is 0.970 bits per heavy atom. The lowest BCUT2D eigenvalue weighted by Crippen LogP contribution is -2.42. The molecule has 0 spiro atoms. The lowest BCUT2D eigenvalue weighted by Gasteiger charge is -2.26. The number of carbonyl (C=O) groups excluding carboxylic acids is 5. The maximum Gasteiger partial charge on any atom is 0.338 e. The second-order valence-electron chi connectivity index (χ2n) is 7.50. The van der Waals surface area contributed by atoms with E-state index in [1.165, 1.54) is 25.1 Å². The first-order chi connectivity index (χ1) is 15.8. The van der Waals surface area contributed by atoms with Crippen LogP contribution in [0.3, 0.4) is 0 Å². The van der Waals surface area contributed by atoms with Crippen LogP contribution in [0.5, 0.6) is 0 Å². The summed E-state index contributed by atoms with van der Waals surface area (Å²) in [5.41, 5.74) is 1.15. The fourth-order valence-electron chi connectivity index (χ4n) is 3.61. The number of anilines is 2. The standard InChI is InChI=1S/C23H21N3O7/c1-14(27)24-16-3-5-17(6-4-16)26-21(29)18-7-2-15(12-19(18)22(26)30)23(31)33-13-20(28)25-8-10-32-11-9-25/h2-7,12H,8-11,13H2,1H3,(H,24,27). The number of amides is 4. The number of fused-ring (bicyclic) bond motifs is 1. The Morgan fingerprint density at radius 2 is 1.64 bits per heavy atom. The molecule has 1 saturated heterocycles. The third kappa shape index (κ3) is 4.60. The molecule has 0 atom stereocenters. The van der Waals surface area contributed by atoms with Crippen molar-refractivity contribution in [3.63, 3.8) is 0 Å². The smallest absolute Gasteiger partial charge is 0.338 e. The molecule has 33 heavy (non-hydrogen) atoms. The normalized spacial score (nSPS) is 15.3. The molecule has 1 N–H and O–H groups in total. The Labute approximate surface area is 189 Å². The van der Waals surface area contributed by atoms with Crippen LogP contribution in [0, 0.1) is 0 Å². The van der Waals surface area contributed by atoms with E-state index in [-0.39, 0.29) is 28.5 Å². The molecule has 1 fully saturated rings. The van der Waals surface area contributed by atoms with E-state index in [4.69, 9.17) is 9.47 Å². The van der Waals surface area contributed by atoms with Crippen LogP contribution in [0.1, 0.15) is 38.0 Å². The molecule has 4 amide bonds. The van der Waals surface area contributed by atoms with Gasteiger partial charge in [-0.25, -0.2) is 9.69 Å². The van der Waals surface area contributed by atoms with Gasteiger partial charge in [-0.05, 0) is 42.5 Å². The molecule has 2 heterocycles. The number of hydrogen-bond acceptors (Lipinski definition) is 7. The summed E-state index contributed by atoms with van der Waals surface area (Å²) in [5, 5.41) is 2.61. The van der Waals surface area contributed by atoms with Gasteiger partial charge < -0.3 is 19.7 Å². The molecular weight excluding hydrogens is 430 g/mol. The average molecular weight is 451 g/mol. The van der Waals surface area contributed by atoms with Crippen molar-refractivity contribution >= 4 is 41.0 Å². The summed E-state index contributed by atoms with van der Waals surface area (Å²) in [7, 11) is 0. The Kier molecular flexibility index (Phi) is 6.18. The van der Waals surface area contributed by atoms with Crippen LogP contribution in [0.4, 0.5) is 11.4 Å². The van der Waals surface area contributed by atoms with Crippen molar-refractivity contribution in [2.45, 2.75) is 6.92 Å². The first-order valence-corrected chi connectivity index (χ1v) is 10.3. The number of rotatable bonds is 5. The van der Waals surface area contributed by atoms with E-state index in [9.17, 15) is 24.0 Å². The van der Waals surface area contributed by atoms with E-state index in [1.54, 1.807) is 29.2 Å². The quantitative estimate of drug-likeness (QED) is 0.539. The minimum atomic E-state index is -0.766. The van der Waals surface area contributed by atoms with Crippen LogP contribution >= 0.6 is 0 Å². The van der Waals surface area contributed by atoms with Gasteiger partial charge >= 0.3 is 5.97 Å². The van der Waals surface area contributed by atoms with Gasteiger partial charge in [-0.15, -0.1) is 0 Å². The SMILES string of the molecule is CC(=O)Nc1ccc(N2C(=O)c3ccc(C(=O)OCC(=O)N4CCOCC4)cc3C2=O)cc1. The zero-order chi connectivity index (χ0) is 23.5. The fraction of sp³-hybridized carbons (Fsp3) is 0.261. The maximum absolute atomic E-state index is 12.9. The molecule has 170 valence electrons. The summed E-state index contributed by atoms with van der Waals surface area (Å²) < 4.78 is 10.3. The molecule has 0 saturated carbocycles. The van der Waals surface area contributed by atoms with Gasteiger partial charge in [-0.2, -0.15) is 0 Å². The predicted molar refractivity (Wildman–Crippen MR) is 116 cm³/mol. The lowest BCUT2D eigenvalue weighted by molar-refractivity contribution is -0.138. The molecule has 0 aliphatic carbocycles. The minimum Gasteiger partial charge on any atom is -0.452 e. The molecular formula is C23H21N3O7. The number of nitrogens with one attached hydrogen (secondary N) is 1. The number of hydrogen-bond donors (Lipinski definition) is 1. The van der Waals surface area contributed by atoms with Crippen molar-refractivity contribution < 1.29 is 33.4 Å². The average Bonchev–Trinajstić information content (AvgIpc) is 3.07. The highest BCUT2D eigenvalue weighted by atomic mass is 16.5. The van der Waals surface area contributed by atoms with Gasteiger partial charge in [0.15, 0.2) is 6.61 Å². The molecule has 2 aliphatic rings. The largest absolute Gasteiger partial charge is 0.452 e. The molecule has 2 aliphatic heterocycles. The highest BCUT2D eigenvalue weighted by molar-refractivity contribution is 6.34. The number of imide groups is 1. The van der Waals surface area contributed by atoms with Crippen LogP contribution in [-0.2, 0) is 19.1 Å². The molecule has 0 bridgehead atoms. The zero-order valence-corrected chi connectivity index (χ0v) is 17.8. The van der Waals surface area contributed by atoms with Crippen LogP contribution in [-0.4, -0.2) is 67.4 Å². The fourth-order valence-corrected chi connectivity index (χ4v) is 3.61. The summed E-state index contributed by atoms with van der Waals surface area (Å²) >= 11 is 0. The summed E-state index contributed by atoms with van der Waals surface area (Å²) in [6, 6.07) is 10.3. The summed E-state index contributed by atoms with van der Waals surface area (Å²) in [6.45, 7) is 2.70. The molecule has 4 rings (SSSR count).